The van der Waals surface area contributed by atoms with Crippen molar-refractivity contribution in [3.8, 4) is 39.9 Å². The average Bonchev–Trinajstić information content (AvgIpc) is 2.90. The molecule has 0 spiro atoms. The highest BCUT2D eigenvalue weighted by molar-refractivity contribution is 5.88. The van der Waals surface area contributed by atoms with Gasteiger partial charge in [-0.15, -0.1) is 0 Å². The van der Waals surface area contributed by atoms with Crippen molar-refractivity contribution >= 4 is 12.2 Å². The van der Waals surface area contributed by atoms with Crippen LogP contribution in [0.2, 0.25) is 0 Å². The number of rotatable bonds is 3. The molecule has 4 aromatic rings. The molecule has 0 aliphatic carbocycles. The van der Waals surface area contributed by atoms with Crippen LogP contribution in [0.25, 0.3) is 23.3 Å². The van der Waals surface area contributed by atoms with E-state index in [4.69, 9.17) is 18.9 Å². The Bertz CT molecular complexity index is 1370. The predicted molar refractivity (Wildman–Crippen MR) is 141 cm³/mol. The van der Waals surface area contributed by atoms with Gasteiger partial charge in [-0.05, 0) is 71.5 Å². The third-order valence-electron chi connectivity index (χ3n) is 6.34. The molecule has 0 saturated carbocycles. The molecule has 176 valence electrons. The molecule has 4 aromatic carbocycles. The van der Waals surface area contributed by atoms with Gasteiger partial charge in [-0.2, -0.15) is 0 Å². The lowest BCUT2D eigenvalue weighted by Gasteiger charge is -2.19. The Morgan fingerprint density at radius 3 is 2.09 bits per heavy atom. The zero-order chi connectivity index (χ0) is 24.2. The van der Waals surface area contributed by atoms with Crippen molar-refractivity contribution in [2.75, 3.05) is 21.3 Å². The minimum absolute atomic E-state index is 0.673. The van der Waals surface area contributed by atoms with Gasteiger partial charge in [-0.25, -0.2) is 0 Å². The van der Waals surface area contributed by atoms with Crippen molar-refractivity contribution in [2.24, 2.45) is 0 Å². The molecule has 4 nitrogen and oxygen atoms in total. The fourth-order valence-corrected chi connectivity index (χ4v) is 4.56. The van der Waals surface area contributed by atoms with Crippen LogP contribution >= 0.6 is 0 Å². The molecule has 2 heterocycles. The number of hydrogen-bond donors (Lipinski definition) is 0. The molecule has 0 radical (unpaired) electrons. The molecular formula is C31H28O4. The Morgan fingerprint density at radius 1 is 0.629 bits per heavy atom. The summed E-state index contributed by atoms with van der Waals surface area (Å²) in [6.07, 6.45) is 5.94. The van der Waals surface area contributed by atoms with Crippen molar-refractivity contribution in [1.29, 1.82) is 0 Å². The van der Waals surface area contributed by atoms with Crippen LogP contribution in [0, 0.1) is 0 Å². The molecule has 0 fully saturated rings. The first-order chi connectivity index (χ1) is 17.2. The number of hydrogen-bond acceptors (Lipinski definition) is 4. The smallest absolute Gasteiger partial charge is 0.169 e. The van der Waals surface area contributed by atoms with E-state index in [0.717, 1.165) is 52.3 Å². The van der Waals surface area contributed by atoms with E-state index in [1.165, 1.54) is 11.1 Å². The Kier molecular flexibility index (Phi) is 6.44. The molecule has 0 amide bonds. The third kappa shape index (κ3) is 4.60. The van der Waals surface area contributed by atoms with Crippen molar-refractivity contribution in [1.82, 2.24) is 0 Å². The number of fused-ring (bicyclic) bond motifs is 3. The molecule has 4 heteroatoms. The van der Waals surface area contributed by atoms with E-state index in [9.17, 15) is 0 Å². The van der Waals surface area contributed by atoms with Crippen molar-refractivity contribution < 1.29 is 18.9 Å². The monoisotopic (exact) mass is 464 g/mol. The van der Waals surface area contributed by atoms with Gasteiger partial charge in [-0.3, -0.25) is 0 Å². The fourth-order valence-electron chi connectivity index (χ4n) is 4.56. The first-order valence-corrected chi connectivity index (χ1v) is 11.7. The molecule has 2 aliphatic rings. The van der Waals surface area contributed by atoms with E-state index in [1.54, 1.807) is 21.3 Å². The van der Waals surface area contributed by atoms with E-state index in [1.807, 2.05) is 48.5 Å². The van der Waals surface area contributed by atoms with Gasteiger partial charge in [0.05, 0.1) is 21.3 Å². The van der Waals surface area contributed by atoms with Crippen LogP contribution in [0.3, 0.4) is 0 Å². The molecule has 0 unspecified atom stereocenters. The summed E-state index contributed by atoms with van der Waals surface area (Å²) in [7, 11) is 5.08. The first kappa shape index (κ1) is 22.6. The first-order valence-electron chi connectivity index (χ1n) is 11.7. The van der Waals surface area contributed by atoms with Gasteiger partial charge < -0.3 is 18.9 Å². The molecular weight excluding hydrogens is 436 g/mol. The molecule has 0 aromatic heterocycles. The number of ether oxygens (including phenoxy) is 4. The van der Waals surface area contributed by atoms with E-state index < -0.39 is 0 Å². The maximum absolute atomic E-state index is 6.19. The minimum atomic E-state index is 0.673. The van der Waals surface area contributed by atoms with E-state index >= 15 is 0 Å². The summed E-state index contributed by atoms with van der Waals surface area (Å²) in [5, 5.41) is 0. The van der Waals surface area contributed by atoms with Gasteiger partial charge in [-0.1, -0.05) is 54.6 Å². The summed E-state index contributed by atoms with van der Waals surface area (Å²) >= 11 is 0. The second-order valence-corrected chi connectivity index (χ2v) is 8.41. The summed E-state index contributed by atoms with van der Waals surface area (Å²) in [5.41, 5.74) is 6.57. The second kappa shape index (κ2) is 9.98. The number of benzene rings is 4. The summed E-state index contributed by atoms with van der Waals surface area (Å²) in [5.74, 6) is 3.78. The molecule has 4 bridgehead atoms. The van der Waals surface area contributed by atoms with Crippen LogP contribution in [-0.2, 0) is 12.8 Å². The highest BCUT2D eigenvalue weighted by Gasteiger charge is 2.19. The molecule has 0 atom stereocenters. The average molecular weight is 465 g/mol. The molecule has 0 saturated heterocycles. The lowest BCUT2D eigenvalue weighted by atomic mass is 9.90. The second-order valence-electron chi connectivity index (χ2n) is 8.41. The summed E-state index contributed by atoms with van der Waals surface area (Å²) in [6, 6.07) is 26.5. The van der Waals surface area contributed by atoms with Crippen LogP contribution in [0.4, 0.5) is 0 Å². The fraction of sp³-hybridized carbons (Fsp3) is 0.161. The van der Waals surface area contributed by atoms with Crippen LogP contribution in [0.15, 0.2) is 78.9 Å². The minimum Gasteiger partial charge on any atom is -0.496 e. The number of methoxy groups -OCH3 is 3. The highest BCUT2D eigenvalue weighted by Crippen LogP contribution is 2.43. The van der Waals surface area contributed by atoms with Gasteiger partial charge in [0.1, 0.15) is 17.2 Å². The van der Waals surface area contributed by atoms with Gasteiger partial charge in [0, 0.05) is 11.1 Å². The third-order valence-corrected chi connectivity index (χ3v) is 6.34. The molecule has 6 rings (SSSR count). The van der Waals surface area contributed by atoms with Crippen molar-refractivity contribution in [3.05, 3.63) is 101 Å². The predicted octanol–water partition coefficient (Wildman–Crippen LogP) is 7.44. The standard InChI is InChI=1S/C31H28O4/c1-32-26-19-14-22-11-16-24-7-5-9-28(34-3)31(24)30-23(6-4-8-27(30)33-2)15-10-21-12-17-25(18-13-21)35-29(26)20-22/h4-9,11-14,16-20H,10,15H2,1-3H3/b16-11+. The molecule has 2 aliphatic heterocycles. The zero-order valence-corrected chi connectivity index (χ0v) is 20.2. The van der Waals surface area contributed by atoms with E-state index in [2.05, 4.69) is 42.5 Å². The Morgan fingerprint density at radius 2 is 1.34 bits per heavy atom. The van der Waals surface area contributed by atoms with Crippen molar-refractivity contribution in [2.45, 2.75) is 12.8 Å². The summed E-state index contributed by atoms with van der Waals surface area (Å²) < 4.78 is 23.4. The Balaban J connectivity index is 1.75. The number of aryl methyl sites for hydroxylation is 2. The van der Waals surface area contributed by atoms with Crippen molar-refractivity contribution in [3.63, 3.8) is 0 Å². The molecule has 0 N–H and O–H groups in total. The lowest BCUT2D eigenvalue weighted by molar-refractivity contribution is 0.379. The van der Waals surface area contributed by atoms with E-state index in [-0.39, 0.29) is 0 Å². The van der Waals surface area contributed by atoms with Crippen LogP contribution in [0.1, 0.15) is 22.3 Å². The van der Waals surface area contributed by atoms with Gasteiger partial charge in [0.25, 0.3) is 0 Å². The lowest BCUT2D eigenvalue weighted by Crippen LogP contribution is -2.00. The summed E-state index contributed by atoms with van der Waals surface area (Å²) in [6.45, 7) is 0. The largest absolute Gasteiger partial charge is 0.496 e. The van der Waals surface area contributed by atoms with Gasteiger partial charge in [0.2, 0.25) is 0 Å². The normalized spacial score (nSPS) is 13.2. The van der Waals surface area contributed by atoms with E-state index in [0.29, 0.717) is 11.5 Å². The maximum atomic E-state index is 6.19. The van der Waals surface area contributed by atoms with Gasteiger partial charge >= 0.3 is 0 Å². The van der Waals surface area contributed by atoms with Crippen LogP contribution in [0.5, 0.6) is 28.7 Å². The molecule has 35 heavy (non-hydrogen) atoms. The van der Waals surface area contributed by atoms with Crippen LogP contribution in [-0.4, -0.2) is 21.3 Å². The maximum Gasteiger partial charge on any atom is 0.169 e. The Labute approximate surface area is 206 Å². The van der Waals surface area contributed by atoms with Crippen LogP contribution < -0.4 is 18.9 Å². The zero-order valence-electron chi connectivity index (χ0n) is 20.2. The van der Waals surface area contributed by atoms with Gasteiger partial charge in [0.15, 0.2) is 11.5 Å². The quantitative estimate of drug-likeness (QED) is 0.316. The summed E-state index contributed by atoms with van der Waals surface area (Å²) in [4.78, 5) is 0. The topological polar surface area (TPSA) is 36.9 Å². The SMILES string of the molecule is COc1ccc2cc1Oc1ccc(cc1)CCc1cccc(OC)c1-c1c(cccc1OC)/C=C/2. The highest BCUT2D eigenvalue weighted by atomic mass is 16.5. The Hall–Kier alpha value is -4.18.